The highest BCUT2D eigenvalue weighted by molar-refractivity contribution is 5.17. The Morgan fingerprint density at radius 2 is 2.08 bits per heavy atom. The van der Waals surface area contributed by atoms with Crippen LogP contribution >= 0.6 is 0 Å². The van der Waals surface area contributed by atoms with E-state index in [-0.39, 0.29) is 5.54 Å². The molecule has 1 aromatic heterocycles. The summed E-state index contributed by atoms with van der Waals surface area (Å²) in [7, 11) is 0. The standard InChI is InChI=1S/C11H18N2/c1-9-6-5-7-12-10(9)8-13-11(2,3)4/h5-7,13H,8H2,1-4H3. The molecule has 1 rings (SSSR count). The zero-order valence-electron chi connectivity index (χ0n) is 8.89. The summed E-state index contributed by atoms with van der Waals surface area (Å²) in [5, 5.41) is 3.42. The van der Waals surface area contributed by atoms with Crippen LogP contribution in [0.15, 0.2) is 18.3 Å². The molecule has 1 heterocycles. The van der Waals surface area contributed by atoms with E-state index >= 15 is 0 Å². The average Bonchev–Trinajstić information content (AvgIpc) is 2.01. The molecule has 1 N–H and O–H groups in total. The van der Waals surface area contributed by atoms with Gasteiger partial charge in [0.15, 0.2) is 0 Å². The van der Waals surface area contributed by atoms with Crippen LogP contribution < -0.4 is 5.32 Å². The molecule has 0 bridgehead atoms. The van der Waals surface area contributed by atoms with Crippen LogP contribution in [-0.4, -0.2) is 10.5 Å². The number of aromatic nitrogens is 1. The highest BCUT2D eigenvalue weighted by Gasteiger charge is 2.09. The summed E-state index contributed by atoms with van der Waals surface area (Å²) < 4.78 is 0. The van der Waals surface area contributed by atoms with Crippen molar-refractivity contribution >= 4 is 0 Å². The molecular weight excluding hydrogens is 160 g/mol. The summed E-state index contributed by atoms with van der Waals surface area (Å²) in [6.45, 7) is 9.41. The summed E-state index contributed by atoms with van der Waals surface area (Å²) in [5.41, 5.74) is 2.54. The largest absolute Gasteiger partial charge is 0.306 e. The van der Waals surface area contributed by atoms with Gasteiger partial charge in [-0.3, -0.25) is 4.98 Å². The molecule has 0 atom stereocenters. The second-order valence-electron chi connectivity index (χ2n) is 4.37. The molecule has 2 heteroatoms. The first-order valence-electron chi connectivity index (χ1n) is 4.64. The lowest BCUT2D eigenvalue weighted by Gasteiger charge is -2.20. The number of nitrogens with one attached hydrogen (secondary N) is 1. The average molecular weight is 178 g/mol. The molecule has 0 aromatic carbocycles. The maximum Gasteiger partial charge on any atom is 0.0570 e. The predicted octanol–water partition coefficient (Wildman–Crippen LogP) is 2.28. The molecular formula is C11H18N2. The Hall–Kier alpha value is -0.890. The van der Waals surface area contributed by atoms with Crippen molar-refractivity contribution in [2.24, 2.45) is 0 Å². The van der Waals surface area contributed by atoms with Gasteiger partial charge in [0.25, 0.3) is 0 Å². The van der Waals surface area contributed by atoms with Crippen molar-refractivity contribution in [2.75, 3.05) is 0 Å². The van der Waals surface area contributed by atoms with Crippen molar-refractivity contribution in [3.05, 3.63) is 29.6 Å². The van der Waals surface area contributed by atoms with E-state index in [1.54, 1.807) is 0 Å². The molecule has 0 fully saturated rings. The van der Waals surface area contributed by atoms with E-state index in [9.17, 15) is 0 Å². The molecule has 0 spiro atoms. The predicted molar refractivity (Wildman–Crippen MR) is 55.6 cm³/mol. The summed E-state index contributed by atoms with van der Waals surface area (Å²) in [4.78, 5) is 4.32. The molecule has 0 unspecified atom stereocenters. The van der Waals surface area contributed by atoms with E-state index in [1.807, 2.05) is 12.3 Å². The Kier molecular flexibility index (Phi) is 3.04. The van der Waals surface area contributed by atoms with Crippen molar-refractivity contribution in [1.29, 1.82) is 0 Å². The third-order valence-corrected chi connectivity index (χ3v) is 1.90. The van der Waals surface area contributed by atoms with Crippen molar-refractivity contribution in [3.63, 3.8) is 0 Å². The highest BCUT2D eigenvalue weighted by Crippen LogP contribution is 2.05. The summed E-state index contributed by atoms with van der Waals surface area (Å²) >= 11 is 0. The van der Waals surface area contributed by atoms with Crippen LogP contribution in [0, 0.1) is 6.92 Å². The maximum atomic E-state index is 4.32. The van der Waals surface area contributed by atoms with E-state index < -0.39 is 0 Å². The first kappa shape index (κ1) is 10.2. The first-order chi connectivity index (χ1) is 5.99. The number of nitrogens with zero attached hydrogens (tertiary/aromatic N) is 1. The molecule has 0 radical (unpaired) electrons. The lowest BCUT2D eigenvalue weighted by Crippen LogP contribution is -2.35. The van der Waals surface area contributed by atoms with Crippen LogP contribution in [0.2, 0.25) is 0 Å². The van der Waals surface area contributed by atoms with Gasteiger partial charge in [-0.15, -0.1) is 0 Å². The van der Waals surface area contributed by atoms with Gasteiger partial charge in [-0.1, -0.05) is 6.07 Å². The van der Waals surface area contributed by atoms with Crippen molar-refractivity contribution in [2.45, 2.75) is 39.8 Å². The molecule has 0 amide bonds. The monoisotopic (exact) mass is 178 g/mol. The molecule has 0 saturated heterocycles. The number of hydrogen-bond acceptors (Lipinski definition) is 2. The Balaban J connectivity index is 2.60. The van der Waals surface area contributed by atoms with Gasteiger partial charge in [0.05, 0.1) is 5.69 Å². The number of aryl methyl sites for hydroxylation is 1. The molecule has 0 saturated carbocycles. The molecule has 0 aliphatic rings. The fraction of sp³-hybridized carbons (Fsp3) is 0.545. The van der Waals surface area contributed by atoms with Crippen molar-refractivity contribution < 1.29 is 0 Å². The van der Waals surface area contributed by atoms with Gasteiger partial charge < -0.3 is 5.32 Å². The quantitative estimate of drug-likeness (QED) is 0.751. The molecule has 0 aliphatic heterocycles. The molecule has 1 aromatic rings. The van der Waals surface area contributed by atoms with Crippen molar-refractivity contribution in [3.8, 4) is 0 Å². The zero-order valence-corrected chi connectivity index (χ0v) is 8.89. The van der Waals surface area contributed by atoms with Crippen molar-refractivity contribution in [1.82, 2.24) is 10.3 Å². The lowest BCUT2D eigenvalue weighted by atomic mass is 10.1. The third kappa shape index (κ3) is 3.55. The van der Waals surface area contributed by atoms with Crippen LogP contribution in [0.25, 0.3) is 0 Å². The van der Waals surface area contributed by atoms with Gasteiger partial charge in [0.1, 0.15) is 0 Å². The van der Waals surface area contributed by atoms with Gasteiger partial charge in [0, 0.05) is 18.3 Å². The van der Waals surface area contributed by atoms with Crippen LogP contribution in [0.5, 0.6) is 0 Å². The van der Waals surface area contributed by atoms with Gasteiger partial charge in [-0.25, -0.2) is 0 Å². The SMILES string of the molecule is Cc1cccnc1CNC(C)(C)C. The van der Waals surface area contributed by atoms with E-state index in [0.29, 0.717) is 0 Å². The Morgan fingerprint density at radius 1 is 1.38 bits per heavy atom. The van der Waals surface area contributed by atoms with Crippen LogP contribution in [-0.2, 0) is 6.54 Å². The van der Waals surface area contributed by atoms with Gasteiger partial charge in [-0.05, 0) is 39.3 Å². The topological polar surface area (TPSA) is 24.9 Å². The van der Waals surface area contributed by atoms with Crippen LogP contribution in [0.1, 0.15) is 32.0 Å². The molecule has 0 aliphatic carbocycles. The normalized spacial score (nSPS) is 11.7. The first-order valence-corrected chi connectivity index (χ1v) is 4.64. The summed E-state index contributed by atoms with van der Waals surface area (Å²) in [5.74, 6) is 0. The lowest BCUT2D eigenvalue weighted by molar-refractivity contribution is 0.420. The Bertz CT molecular complexity index is 274. The number of pyridine rings is 1. The molecule has 13 heavy (non-hydrogen) atoms. The second-order valence-corrected chi connectivity index (χ2v) is 4.37. The maximum absolute atomic E-state index is 4.32. The Labute approximate surface area is 80.4 Å². The second kappa shape index (κ2) is 3.88. The smallest absolute Gasteiger partial charge is 0.0570 e. The fourth-order valence-electron chi connectivity index (χ4n) is 1.05. The number of rotatable bonds is 2. The van der Waals surface area contributed by atoms with E-state index in [1.165, 1.54) is 5.56 Å². The minimum atomic E-state index is 0.157. The number of hydrogen-bond donors (Lipinski definition) is 1. The summed E-state index contributed by atoms with van der Waals surface area (Å²) in [6, 6.07) is 4.06. The van der Waals surface area contributed by atoms with E-state index in [4.69, 9.17) is 0 Å². The summed E-state index contributed by atoms with van der Waals surface area (Å²) in [6.07, 6.45) is 1.84. The molecule has 2 nitrogen and oxygen atoms in total. The Morgan fingerprint density at radius 3 is 2.62 bits per heavy atom. The van der Waals surface area contributed by atoms with E-state index in [0.717, 1.165) is 12.2 Å². The van der Waals surface area contributed by atoms with Crippen LogP contribution in [0.4, 0.5) is 0 Å². The minimum absolute atomic E-state index is 0.157. The third-order valence-electron chi connectivity index (χ3n) is 1.90. The minimum Gasteiger partial charge on any atom is -0.306 e. The van der Waals surface area contributed by atoms with Crippen LogP contribution in [0.3, 0.4) is 0 Å². The van der Waals surface area contributed by atoms with Gasteiger partial charge >= 0.3 is 0 Å². The molecule has 72 valence electrons. The fourth-order valence-corrected chi connectivity index (χ4v) is 1.05. The zero-order chi connectivity index (χ0) is 9.90. The van der Waals surface area contributed by atoms with Gasteiger partial charge in [-0.2, -0.15) is 0 Å². The van der Waals surface area contributed by atoms with Gasteiger partial charge in [0.2, 0.25) is 0 Å². The highest BCUT2D eigenvalue weighted by atomic mass is 15.0. The van der Waals surface area contributed by atoms with E-state index in [2.05, 4.69) is 44.1 Å².